The number of rotatable bonds is 6. The molecule has 0 radical (unpaired) electrons. The first kappa shape index (κ1) is 16.4. The summed E-state index contributed by atoms with van der Waals surface area (Å²) in [6.07, 6.45) is 4.68. The van der Waals surface area contributed by atoms with Crippen LogP contribution >= 0.6 is 0 Å². The molecule has 3 aliphatic rings. The molecule has 1 atom stereocenters. The molecule has 4 heterocycles. The molecule has 3 saturated heterocycles. The fourth-order valence-electron chi connectivity index (χ4n) is 4.07. The van der Waals surface area contributed by atoms with Crippen LogP contribution in [0.25, 0.3) is 10.9 Å². The Balaban J connectivity index is 1.49. The largest absolute Gasteiger partial charge is 0.385 e. The molecule has 25 heavy (non-hydrogen) atoms. The van der Waals surface area contributed by atoms with Crippen LogP contribution in [0.1, 0.15) is 43.1 Å². The number of benzene rings is 1. The van der Waals surface area contributed by atoms with E-state index in [4.69, 9.17) is 0 Å². The van der Waals surface area contributed by atoms with Crippen molar-refractivity contribution in [1.82, 2.24) is 20.4 Å². The second-order valence-corrected chi connectivity index (χ2v) is 7.33. The van der Waals surface area contributed by atoms with Gasteiger partial charge in [0, 0.05) is 30.2 Å². The van der Waals surface area contributed by atoms with Crippen molar-refractivity contribution in [2.75, 3.05) is 31.5 Å². The summed E-state index contributed by atoms with van der Waals surface area (Å²) < 4.78 is 0. The van der Waals surface area contributed by atoms with Gasteiger partial charge < -0.3 is 15.5 Å². The number of hydrogen-bond donors (Lipinski definition) is 3. The first-order valence-electron chi connectivity index (χ1n) is 9.50. The van der Waals surface area contributed by atoms with E-state index in [2.05, 4.69) is 32.7 Å². The molecule has 3 N–H and O–H groups in total. The van der Waals surface area contributed by atoms with Gasteiger partial charge in [-0.15, -0.1) is 0 Å². The summed E-state index contributed by atoms with van der Waals surface area (Å²) in [5.41, 5.74) is 2.45. The van der Waals surface area contributed by atoms with E-state index in [1.165, 1.54) is 25.9 Å². The lowest BCUT2D eigenvalue weighted by Gasteiger charge is -2.44. The van der Waals surface area contributed by atoms with Gasteiger partial charge in [-0.1, -0.05) is 13.3 Å². The molecule has 0 aliphatic carbocycles. The van der Waals surface area contributed by atoms with E-state index in [9.17, 15) is 4.79 Å². The number of piperidine rings is 3. The van der Waals surface area contributed by atoms with Crippen LogP contribution in [0.2, 0.25) is 0 Å². The summed E-state index contributed by atoms with van der Waals surface area (Å²) in [6.45, 7) is 6.45. The molecule has 3 aliphatic heterocycles. The van der Waals surface area contributed by atoms with Gasteiger partial charge >= 0.3 is 0 Å². The molecule has 1 aromatic heterocycles. The molecule has 2 aromatic rings. The molecule has 5 rings (SSSR count). The zero-order valence-corrected chi connectivity index (χ0v) is 14.8. The van der Waals surface area contributed by atoms with Crippen LogP contribution in [0.3, 0.4) is 0 Å². The van der Waals surface area contributed by atoms with E-state index in [1.807, 2.05) is 18.2 Å². The molecule has 0 unspecified atom stereocenters. The highest BCUT2D eigenvalue weighted by molar-refractivity contribution is 6.05. The number of fused-ring (bicyclic) bond motifs is 4. The van der Waals surface area contributed by atoms with Crippen molar-refractivity contribution in [1.29, 1.82) is 0 Å². The summed E-state index contributed by atoms with van der Waals surface area (Å²) in [7, 11) is 0. The quantitative estimate of drug-likeness (QED) is 0.706. The molecule has 134 valence electrons. The van der Waals surface area contributed by atoms with Crippen molar-refractivity contribution < 1.29 is 4.79 Å². The fourth-order valence-corrected chi connectivity index (χ4v) is 4.07. The number of anilines is 1. The van der Waals surface area contributed by atoms with Gasteiger partial charge in [-0.3, -0.25) is 9.89 Å². The van der Waals surface area contributed by atoms with Gasteiger partial charge in [0.25, 0.3) is 5.91 Å². The van der Waals surface area contributed by atoms with Crippen molar-refractivity contribution in [3.8, 4) is 0 Å². The maximum Gasteiger partial charge on any atom is 0.272 e. The molecular weight excluding hydrogens is 314 g/mol. The van der Waals surface area contributed by atoms with Gasteiger partial charge in [0.2, 0.25) is 0 Å². The molecule has 2 bridgehead atoms. The smallest absolute Gasteiger partial charge is 0.272 e. The monoisotopic (exact) mass is 341 g/mol. The third kappa shape index (κ3) is 3.35. The number of carbonyl (C=O) groups is 1. The first-order valence-corrected chi connectivity index (χ1v) is 9.50. The average molecular weight is 341 g/mol. The van der Waals surface area contributed by atoms with Crippen molar-refractivity contribution in [2.45, 2.75) is 38.6 Å². The SMILES string of the molecule is CCCCNc1ccc2[nH]nc(C(=O)N[C@H]3CN4CCC3CC4)c2c1. The number of amides is 1. The number of H-pyrrole nitrogens is 1. The summed E-state index contributed by atoms with van der Waals surface area (Å²) in [5, 5.41) is 14.8. The number of unbranched alkanes of at least 4 members (excludes halogenated alkanes) is 1. The minimum absolute atomic E-state index is 0.0595. The maximum absolute atomic E-state index is 12.8. The van der Waals surface area contributed by atoms with Crippen LogP contribution in [-0.4, -0.2) is 53.2 Å². The summed E-state index contributed by atoms with van der Waals surface area (Å²) in [5.74, 6) is 0.557. The molecule has 0 spiro atoms. The highest BCUT2D eigenvalue weighted by atomic mass is 16.2. The molecule has 6 nitrogen and oxygen atoms in total. The summed E-state index contributed by atoms with van der Waals surface area (Å²) >= 11 is 0. The second-order valence-electron chi connectivity index (χ2n) is 7.33. The maximum atomic E-state index is 12.8. The van der Waals surface area contributed by atoms with E-state index in [-0.39, 0.29) is 11.9 Å². The Kier molecular flexibility index (Phi) is 4.61. The summed E-state index contributed by atoms with van der Waals surface area (Å²) in [6, 6.07) is 6.31. The Morgan fingerprint density at radius 1 is 1.36 bits per heavy atom. The first-order chi connectivity index (χ1) is 12.2. The van der Waals surface area contributed by atoms with Crippen LogP contribution in [0, 0.1) is 5.92 Å². The van der Waals surface area contributed by atoms with Gasteiger partial charge in [0.15, 0.2) is 5.69 Å². The highest BCUT2D eigenvalue weighted by Crippen LogP contribution is 2.28. The van der Waals surface area contributed by atoms with Gasteiger partial charge in [-0.2, -0.15) is 5.10 Å². The van der Waals surface area contributed by atoms with Crippen LogP contribution in [-0.2, 0) is 0 Å². The number of aromatic nitrogens is 2. The minimum Gasteiger partial charge on any atom is -0.385 e. The molecule has 1 amide bonds. The lowest BCUT2D eigenvalue weighted by atomic mass is 9.84. The zero-order chi connectivity index (χ0) is 17.2. The Bertz CT molecular complexity index is 747. The summed E-state index contributed by atoms with van der Waals surface area (Å²) in [4.78, 5) is 15.3. The normalized spacial score (nSPS) is 25.2. The number of nitrogens with one attached hydrogen (secondary N) is 3. The number of hydrogen-bond acceptors (Lipinski definition) is 4. The minimum atomic E-state index is -0.0595. The third-order valence-electron chi connectivity index (χ3n) is 5.61. The Hall–Kier alpha value is -2.08. The Labute approximate surface area is 148 Å². The molecule has 1 aromatic carbocycles. The van der Waals surface area contributed by atoms with E-state index in [0.29, 0.717) is 11.6 Å². The van der Waals surface area contributed by atoms with Crippen LogP contribution in [0.5, 0.6) is 0 Å². The van der Waals surface area contributed by atoms with Crippen LogP contribution in [0.15, 0.2) is 18.2 Å². The van der Waals surface area contributed by atoms with Crippen LogP contribution < -0.4 is 10.6 Å². The van der Waals surface area contributed by atoms with E-state index < -0.39 is 0 Å². The van der Waals surface area contributed by atoms with E-state index in [0.717, 1.165) is 42.5 Å². The number of nitrogens with zero attached hydrogens (tertiary/aromatic N) is 2. The fraction of sp³-hybridized carbons (Fsp3) is 0.579. The Morgan fingerprint density at radius 2 is 2.20 bits per heavy atom. The van der Waals surface area contributed by atoms with Crippen molar-refractivity contribution >= 4 is 22.5 Å². The van der Waals surface area contributed by atoms with E-state index >= 15 is 0 Å². The van der Waals surface area contributed by atoms with Crippen LogP contribution in [0.4, 0.5) is 5.69 Å². The lowest BCUT2D eigenvalue weighted by Crippen LogP contribution is -2.57. The standard InChI is InChI=1S/C19H27N5O/c1-2-3-8-20-14-4-5-16-15(11-14)18(23-22-16)19(25)21-17-12-24-9-6-13(17)7-10-24/h4-5,11,13,17,20H,2-3,6-10,12H2,1H3,(H,21,25)(H,22,23)/t17-/m0/s1. The Morgan fingerprint density at radius 3 is 2.92 bits per heavy atom. The van der Waals surface area contributed by atoms with Gasteiger partial charge in [-0.05, 0) is 56.5 Å². The van der Waals surface area contributed by atoms with Crippen molar-refractivity contribution in [2.24, 2.45) is 5.92 Å². The third-order valence-corrected chi connectivity index (χ3v) is 5.61. The van der Waals surface area contributed by atoms with Crippen molar-refractivity contribution in [3.05, 3.63) is 23.9 Å². The topological polar surface area (TPSA) is 73.0 Å². The molecule has 0 saturated carbocycles. The molecular formula is C19H27N5O. The van der Waals surface area contributed by atoms with Gasteiger partial charge in [-0.25, -0.2) is 0 Å². The highest BCUT2D eigenvalue weighted by Gasteiger charge is 2.35. The van der Waals surface area contributed by atoms with Gasteiger partial charge in [0.05, 0.1) is 5.52 Å². The number of aromatic amines is 1. The zero-order valence-electron chi connectivity index (χ0n) is 14.8. The predicted octanol–water partition coefficient (Wildman–Crippen LogP) is 2.60. The number of carbonyl (C=O) groups excluding carboxylic acids is 1. The van der Waals surface area contributed by atoms with E-state index in [1.54, 1.807) is 0 Å². The average Bonchev–Trinajstić information content (AvgIpc) is 3.06. The molecule has 3 fully saturated rings. The second kappa shape index (κ2) is 7.04. The van der Waals surface area contributed by atoms with Crippen molar-refractivity contribution in [3.63, 3.8) is 0 Å². The lowest BCUT2D eigenvalue weighted by molar-refractivity contribution is 0.0618. The molecule has 6 heteroatoms. The van der Waals surface area contributed by atoms with Gasteiger partial charge in [0.1, 0.15) is 0 Å². The predicted molar refractivity (Wildman–Crippen MR) is 99.9 cm³/mol.